The second kappa shape index (κ2) is 8.79. The van der Waals surface area contributed by atoms with Gasteiger partial charge in [0.1, 0.15) is 30.1 Å². The lowest BCUT2D eigenvalue weighted by Gasteiger charge is -2.16. The van der Waals surface area contributed by atoms with Crippen molar-refractivity contribution in [3.8, 4) is 5.75 Å². The number of aliphatic hydroxyl groups is 1. The highest BCUT2D eigenvalue weighted by molar-refractivity contribution is 5.88. The Kier molecular flexibility index (Phi) is 6.21. The molecule has 3 rings (SSSR count). The van der Waals surface area contributed by atoms with Crippen LogP contribution in [0.25, 0.3) is 10.9 Å². The van der Waals surface area contributed by atoms with Crippen LogP contribution >= 0.6 is 0 Å². The van der Waals surface area contributed by atoms with Gasteiger partial charge in [-0.15, -0.1) is 0 Å². The maximum atomic E-state index is 10.3. The molecule has 0 radical (unpaired) electrons. The van der Waals surface area contributed by atoms with E-state index in [4.69, 9.17) is 10.5 Å². The number of anilines is 1. The first-order chi connectivity index (χ1) is 13.1. The average Bonchev–Trinajstić information content (AvgIpc) is 2.65. The zero-order valence-electron chi connectivity index (χ0n) is 15.8. The third kappa shape index (κ3) is 4.93. The van der Waals surface area contributed by atoms with Crippen molar-refractivity contribution in [2.75, 3.05) is 25.0 Å². The number of para-hydroxylation sites is 1. The Bertz CT molecular complexity index is 914. The lowest BCUT2D eigenvalue weighted by atomic mass is 10.1. The molecule has 0 amide bonds. The molecule has 4 N–H and O–H groups in total. The first-order valence-corrected chi connectivity index (χ1v) is 9.14. The fourth-order valence-electron chi connectivity index (χ4n) is 2.92. The third-order valence-electron chi connectivity index (χ3n) is 4.28. The summed E-state index contributed by atoms with van der Waals surface area (Å²) < 4.78 is 5.75. The molecule has 0 fully saturated rings. The van der Waals surface area contributed by atoms with Gasteiger partial charge in [-0.25, -0.2) is 9.97 Å². The number of fused-ring (bicyclic) bond motifs is 1. The molecule has 1 atom stereocenters. The van der Waals surface area contributed by atoms with Crippen LogP contribution in [-0.4, -0.2) is 40.9 Å². The minimum atomic E-state index is -0.669. The van der Waals surface area contributed by atoms with E-state index in [2.05, 4.69) is 21.4 Å². The number of benzene rings is 2. The predicted octanol–water partition coefficient (Wildman–Crippen LogP) is 2.60. The van der Waals surface area contributed by atoms with Crippen LogP contribution in [0, 0.1) is 13.8 Å². The lowest BCUT2D eigenvalue weighted by molar-refractivity contribution is 0.117. The topological polar surface area (TPSA) is 93.3 Å². The van der Waals surface area contributed by atoms with Gasteiger partial charge in [0.25, 0.3) is 0 Å². The van der Waals surface area contributed by atoms with Crippen molar-refractivity contribution in [1.82, 2.24) is 9.97 Å². The largest absolute Gasteiger partial charge is 0.491 e. The second-order valence-electron chi connectivity index (χ2n) is 6.66. The molecule has 1 heterocycles. The van der Waals surface area contributed by atoms with Crippen molar-refractivity contribution in [2.45, 2.75) is 26.4 Å². The monoisotopic (exact) mass is 366 g/mol. The van der Waals surface area contributed by atoms with E-state index in [1.165, 1.54) is 5.56 Å². The van der Waals surface area contributed by atoms with E-state index < -0.39 is 6.10 Å². The minimum Gasteiger partial charge on any atom is -0.491 e. The number of hydrogen-bond acceptors (Lipinski definition) is 6. The van der Waals surface area contributed by atoms with E-state index in [1.807, 2.05) is 50.2 Å². The summed E-state index contributed by atoms with van der Waals surface area (Å²) in [6.45, 7) is 5.06. The Balaban J connectivity index is 1.65. The van der Waals surface area contributed by atoms with Crippen LogP contribution in [0.4, 0.5) is 5.82 Å². The molecule has 6 nitrogen and oxygen atoms in total. The number of ether oxygens (including phenoxy) is 1. The molecule has 0 bridgehead atoms. The molecule has 142 valence electrons. The number of aryl methyl sites for hydroxylation is 2. The highest BCUT2D eigenvalue weighted by Crippen LogP contribution is 2.21. The summed E-state index contributed by atoms with van der Waals surface area (Å²) in [5, 5.41) is 14.5. The molecule has 1 aromatic heterocycles. The number of aromatic nitrogens is 2. The van der Waals surface area contributed by atoms with Gasteiger partial charge in [0, 0.05) is 18.4 Å². The van der Waals surface area contributed by atoms with Gasteiger partial charge in [-0.05, 0) is 44.2 Å². The van der Waals surface area contributed by atoms with Crippen molar-refractivity contribution in [1.29, 1.82) is 0 Å². The summed E-state index contributed by atoms with van der Waals surface area (Å²) in [6.07, 6.45) is -0.0601. The van der Waals surface area contributed by atoms with Crippen LogP contribution in [0.1, 0.15) is 17.0 Å². The number of rotatable bonds is 8. The maximum absolute atomic E-state index is 10.3. The smallest absolute Gasteiger partial charge is 0.137 e. The molecule has 6 heteroatoms. The molecule has 0 spiro atoms. The van der Waals surface area contributed by atoms with Crippen LogP contribution in [0.3, 0.4) is 0 Å². The van der Waals surface area contributed by atoms with Gasteiger partial charge in [-0.3, -0.25) is 0 Å². The molecule has 0 aliphatic carbocycles. The van der Waals surface area contributed by atoms with Crippen molar-refractivity contribution in [3.05, 3.63) is 59.4 Å². The van der Waals surface area contributed by atoms with Gasteiger partial charge in [0.15, 0.2) is 0 Å². The number of nitrogens with two attached hydrogens (primary N) is 1. The van der Waals surface area contributed by atoms with Crippen molar-refractivity contribution in [3.63, 3.8) is 0 Å². The van der Waals surface area contributed by atoms with E-state index in [1.54, 1.807) is 0 Å². The van der Waals surface area contributed by atoms with E-state index >= 15 is 0 Å². The standard InChI is InChI=1S/C21H26N4O2/c1-14-7-8-19(15(2)11-14)27-13-16(26)12-23-21-17-5-3-4-6-18(17)24-20(25-21)9-10-22/h3-8,11,16,26H,9-10,12-13,22H2,1-2H3,(H,23,24,25)/t16-/m0/s1. The zero-order chi connectivity index (χ0) is 19.2. The molecule has 27 heavy (non-hydrogen) atoms. The normalized spacial score (nSPS) is 12.1. The van der Waals surface area contributed by atoms with Crippen LogP contribution < -0.4 is 15.8 Å². The van der Waals surface area contributed by atoms with Crippen molar-refractivity contribution in [2.24, 2.45) is 5.73 Å². The summed E-state index contributed by atoms with van der Waals surface area (Å²) in [4.78, 5) is 9.08. The Morgan fingerprint density at radius 1 is 1.15 bits per heavy atom. The molecular weight excluding hydrogens is 340 g/mol. The van der Waals surface area contributed by atoms with Gasteiger partial charge in [-0.1, -0.05) is 29.8 Å². The maximum Gasteiger partial charge on any atom is 0.137 e. The Labute approximate surface area is 159 Å². The number of hydrogen-bond donors (Lipinski definition) is 3. The second-order valence-corrected chi connectivity index (χ2v) is 6.66. The van der Waals surface area contributed by atoms with E-state index in [0.717, 1.165) is 22.2 Å². The van der Waals surface area contributed by atoms with E-state index in [0.29, 0.717) is 31.2 Å². The molecule has 0 saturated carbocycles. The Morgan fingerprint density at radius 3 is 2.74 bits per heavy atom. The number of aliphatic hydroxyl groups excluding tert-OH is 1. The van der Waals surface area contributed by atoms with Crippen molar-refractivity contribution >= 4 is 16.7 Å². The molecule has 2 aromatic carbocycles. The Morgan fingerprint density at radius 2 is 1.96 bits per heavy atom. The quantitative estimate of drug-likeness (QED) is 0.567. The van der Waals surface area contributed by atoms with Gasteiger partial charge < -0.3 is 20.9 Å². The van der Waals surface area contributed by atoms with E-state index in [9.17, 15) is 5.11 Å². The van der Waals surface area contributed by atoms with Gasteiger partial charge in [-0.2, -0.15) is 0 Å². The van der Waals surface area contributed by atoms with Crippen LogP contribution in [-0.2, 0) is 6.42 Å². The summed E-state index contributed by atoms with van der Waals surface area (Å²) in [5.74, 6) is 2.19. The SMILES string of the molecule is Cc1ccc(OC[C@@H](O)CNc2nc(CCN)nc3ccccc23)c(C)c1. The molecule has 0 unspecified atom stereocenters. The fourth-order valence-corrected chi connectivity index (χ4v) is 2.92. The summed E-state index contributed by atoms with van der Waals surface area (Å²) in [7, 11) is 0. The molecule has 0 saturated heterocycles. The zero-order valence-corrected chi connectivity index (χ0v) is 15.8. The van der Waals surface area contributed by atoms with Crippen LogP contribution in [0.5, 0.6) is 5.75 Å². The third-order valence-corrected chi connectivity index (χ3v) is 4.28. The highest BCUT2D eigenvalue weighted by atomic mass is 16.5. The van der Waals surface area contributed by atoms with Gasteiger partial charge in [0.05, 0.1) is 5.52 Å². The Hall–Kier alpha value is -2.70. The van der Waals surface area contributed by atoms with Crippen LogP contribution in [0.2, 0.25) is 0 Å². The summed E-state index contributed by atoms with van der Waals surface area (Å²) in [6, 6.07) is 13.8. The first kappa shape index (κ1) is 19.1. The minimum absolute atomic E-state index is 0.204. The highest BCUT2D eigenvalue weighted by Gasteiger charge is 2.11. The molecule has 0 aliphatic heterocycles. The predicted molar refractivity (Wildman–Crippen MR) is 108 cm³/mol. The van der Waals surface area contributed by atoms with Crippen LogP contribution in [0.15, 0.2) is 42.5 Å². The van der Waals surface area contributed by atoms with Gasteiger partial charge in [0.2, 0.25) is 0 Å². The first-order valence-electron chi connectivity index (χ1n) is 9.14. The van der Waals surface area contributed by atoms with Gasteiger partial charge >= 0.3 is 0 Å². The average molecular weight is 366 g/mol. The lowest BCUT2D eigenvalue weighted by Crippen LogP contribution is -2.27. The van der Waals surface area contributed by atoms with E-state index in [-0.39, 0.29) is 6.61 Å². The molecule has 0 aliphatic rings. The summed E-state index contributed by atoms with van der Waals surface area (Å²) >= 11 is 0. The summed E-state index contributed by atoms with van der Waals surface area (Å²) in [5.41, 5.74) is 8.74. The molecule has 3 aromatic rings. The fraction of sp³-hybridized carbons (Fsp3) is 0.333. The number of nitrogens with one attached hydrogen (secondary N) is 1. The number of nitrogens with zero attached hydrogens (tertiary/aromatic N) is 2. The molecular formula is C21H26N4O2. The van der Waals surface area contributed by atoms with Crippen molar-refractivity contribution < 1.29 is 9.84 Å².